The first kappa shape index (κ1) is 37.5. The van der Waals surface area contributed by atoms with E-state index in [0.717, 1.165) is 72.4 Å². The van der Waals surface area contributed by atoms with Crippen LogP contribution in [0.25, 0.3) is 105 Å². The number of hydrogen-bond donors (Lipinski definition) is 0. The summed E-state index contributed by atoms with van der Waals surface area (Å²) in [5.41, 5.74) is 22.0. The van der Waals surface area contributed by atoms with Crippen molar-refractivity contribution in [3.05, 3.63) is 224 Å². The number of hydrogen-bond acceptors (Lipinski definition) is 4. The van der Waals surface area contributed by atoms with Crippen LogP contribution in [-0.4, -0.2) is 24.5 Å². The van der Waals surface area contributed by atoms with E-state index < -0.39 is 0 Å². The van der Waals surface area contributed by atoms with E-state index in [9.17, 15) is 0 Å². The molecule has 302 valence electrons. The number of benzene rings is 8. The Labute approximate surface area is 372 Å². The van der Waals surface area contributed by atoms with Crippen molar-refractivity contribution in [2.75, 3.05) is 0 Å². The molecule has 0 atom stereocenters. The van der Waals surface area contributed by atoms with Crippen LogP contribution in [0.4, 0.5) is 0 Å². The summed E-state index contributed by atoms with van der Waals surface area (Å²) in [6, 6.07) is 64.8. The lowest BCUT2D eigenvalue weighted by Gasteiger charge is -2.22. The minimum absolute atomic E-state index is 0.134. The molecular weight excluding hydrogens is 779 g/mol. The molecule has 0 N–H and O–H groups in total. The van der Waals surface area contributed by atoms with Gasteiger partial charge in [-0.3, -0.25) is 0 Å². The molecule has 3 aromatic heterocycles. The third kappa shape index (κ3) is 6.32. The monoisotopic (exact) mass is 819 g/mol. The molecule has 5 heteroatoms. The summed E-state index contributed by atoms with van der Waals surface area (Å²) in [6.07, 6.45) is 10.6. The van der Waals surface area contributed by atoms with Gasteiger partial charge in [0.1, 0.15) is 12.7 Å². The largest absolute Gasteiger partial charge is 0.309 e. The highest BCUT2D eigenvalue weighted by atomic mass is 15.0. The molecule has 0 bridgehead atoms. The normalized spacial score (nSPS) is 12.7. The van der Waals surface area contributed by atoms with E-state index in [2.05, 4.69) is 214 Å². The molecular formula is C59H41N5. The molecule has 0 spiro atoms. The van der Waals surface area contributed by atoms with Crippen LogP contribution in [0, 0.1) is 0 Å². The van der Waals surface area contributed by atoms with Gasteiger partial charge in [-0.1, -0.05) is 129 Å². The van der Waals surface area contributed by atoms with Gasteiger partial charge in [0, 0.05) is 57.8 Å². The maximum atomic E-state index is 4.27. The van der Waals surface area contributed by atoms with Gasteiger partial charge in [-0.15, -0.1) is 0 Å². The van der Waals surface area contributed by atoms with Gasteiger partial charge in [0.05, 0.1) is 11.0 Å². The third-order valence-corrected chi connectivity index (χ3v) is 13.1. The van der Waals surface area contributed by atoms with Crippen molar-refractivity contribution in [2.24, 2.45) is 0 Å². The molecule has 64 heavy (non-hydrogen) atoms. The van der Waals surface area contributed by atoms with Gasteiger partial charge in [0.25, 0.3) is 0 Å². The highest BCUT2D eigenvalue weighted by Gasteiger charge is 2.36. The summed E-state index contributed by atoms with van der Waals surface area (Å²) in [6.45, 7) is 4.73. The Balaban J connectivity index is 1.06. The first-order chi connectivity index (χ1) is 31.5. The maximum Gasteiger partial charge on any atom is 0.115 e. The van der Waals surface area contributed by atoms with Crippen molar-refractivity contribution in [3.63, 3.8) is 0 Å². The Kier molecular flexibility index (Phi) is 8.76. The second kappa shape index (κ2) is 15.0. The molecule has 0 saturated carbocycles. The van der Waals surface area contributed by atoms with Gasteiger partial charge in [0.2, 0.25) is 0 Å². The summed E-state index contributed by atoms with van der Waals surface area (Å²) in [5, 5.41) is 2.50. The molecule has 0 unspecified atom stereocenters. The van der Waals surface area contributed by atoms with E-state index in [1.807, 2.05) is 24.8 Å². The van der Waals surface area contributed by atoms with Crippen molar-refractivity contribution in [2.45, 2.75) is 19.3 Å². The molecule has 12 rings (SSSR count). The van der Waals surface area contributed by atoms with Gasteiger partial charge in [-0.2, -0.15) is 0 Å². The van der Waals surface area contributed by atoms with Crippen LogP contribution in [0.5, 0.6) is 0 Å². The lowest BCUT2D eigenvalue weighted by Crippen LogP contribution is -2.15. The number of nitrogens with zero attached hydrogens (tertiary/aromatic N) is 5. The van der Waals surface area contributed by atoms with Gasteiger partial charge in [0.15, 0.2) is 0 Å². The zero-order chi connectivity index (χ0) is 42.8. The molecule has 1 aliphatic rings. The van der Waals surface area contributed by atoms with Crippen LogP contribution in [0.1, 0.15) is 25.0 Å². The second-order valence-electron chi connectivity index (χ2n) is 17.3. The summed E-state index contributed by atoms with van der Waals surface area (Å²) < 4.78 is 2.49. The van der Waals surface area contributed by atoms with Crippen LogP contribution in [0.3, 0.4) is 0 Å². The first-order valence-electron chi connectivity index (χ1n) is 21.7. The van der Waals surface area contributed by atoms with Crippen LogP contribution in [0.2, 0.25) is 0 Å². The molecule has 5 nitrogen and oxygen atoms in total. The van der Waals surface area contributed by atoms with Crippen molar-refractivity contribution in [3.8, 4) is 83.6 Å². The third-order valence-electron chi connectivity index (χ3n) is 13.1. The van der Waals surface area contributed by atoms with E-state index in [0.29, 0.717) is 0 Å². The Morgan fingerprint density at radius 3 is 1.30 bits per heavy atom. The fraction of sp³-hybridized carbons (Fsp3) is 0.0508. The van der Waals surface area contributed by atoms with Gasteiger partial charge in [-0.05, 0) is 139 Å². The predicted octanol–water partition coefficient (Wildman–Crippen LogP) is 14.7. The maximum absolute atomic E-state index is 4.27. The van der Waals surface area contributed by atoms with E-state index in [1.165, 1.54) is 44.1 Å². The van der Waals surface area contributed by atoms with Gasteiger partial charge < -0.3 is 4.57 Å². The van der Waals surface area contributed by atoms with E-state index in [4.69, 9.17) is 0 Å². The average molecular weight is 820 g/mol. The quantitative estimate of drug-likeness (QED) is 0.161. The molecule has 0 aliphatic heterocycles. The fourth-order valence-corrected chi connectivity index (χ4v) is 9.92. The lowest BCUT2D eigenvalue weighted by molar-refractivity contribution is 0.661. The number of fused-ring (bicyclic) bond motifs is 6. The minimum atomic E-state index is -0.134. The van der Waals surface area contributed by atoms with Crippen LogP contribution < -0.4 is 0 Å². The van der Waals surface area contributed by atoms with E-state index in [-0.39, 0.29) is 5.41 Å². The highest BCUT2D eigenvalue weighted by Crippen LogP contribution is 2.51. The van der Waals surface area contributed by atoms with Crippen molar-refractivity contribution >= 4 is 21.8 Å². The number of aromatic nitrogens is 5. The standard InChI is InChI=1S/C59H41N5/c1-59(2)55-21-5-3-19-51(55)53-30-54-52-20-4-6-22-57(52)64(58(54)31-56(53)59)50-28-46(42-15-7-11-38(23-42)40-13-9-17-44(25-40)48-32-60-36-61-33-48)27-47(29-50)43-16-8-12-39(24-43)41-14-10-18-45(26-41)49-34-62-37-63-35-49/h3-37H,1-2H3. The predicted molar refractivity (Wildman–Crippen MR) is 262 cm³/mol. The smallest absolute Gasteiger partial charge is 0.115 e. The highest BCUT2D eigenvalue weighted by molar-refractivity contribution is 6.12. The topological polar surface area (TPSA) is 56.5 Å². The second-order valence-corrected chi connectivity index (χ2v) is 17.3. The summed E-state index contributed by atoms with van der Waals surface area (Å²) in [5.74, 6) is 0. The van der Waals surface area contributed by atoms with E-state index in [1.54, 1.807) is 12.7 Å². The molecule has 8 aromatic carbocycles. The van der Waals surface area contributed by atoms with Crippen molar-refractivity contribution < 1.29 is 0 Å². The number of para-hydroxylation sites is 1. The Hall–Kier alpha value is -8.28. The zero-order valence-electron chi connectivity index (χ0n) is 35.4. The lowest BCUT2D eigenvalue weighted by atomic mass is 9.82. The van der Waals surface area contributed by atoms with Gasteiger partial charge in [-0.25, -0.2) is 19.9 Å². The van der Waals surface area contributed by atoms with Gasteiger partial charge >= 0.3 is 0 Å². The first-order valence-corrected chi connectivity index (χ1v) is 21.7. The average Bonchev–Trinajstić information content (AvgIpc) is 3.81. The molecule has 0 fully saturated rings. The molecule has 0 saturated heterocycles. The zero-order valence-corrected chi connectivity index (χ0v) is 35.4. The van der Waals surface area contributed by atoms with Crippen LogP contribution in [0.15, 0.2) is 213 Å². The fourth-order valence-electron chi connectivity index (χ4n) is 9.92. The Morgan fingerprint density at radius 2 is 0.766 bits per heavy atom. The molecule has 0 radical (unpaired) electrons. The number of rotatable bonds is 7. The molecule has 0 amide bonds. The SMILES string of the molecule is CC1(C)c2ccccc2-c2cc3c4ccccc4n(-c4cc(-c5cccc(-c6cccc(-c7cncnc7)c6)c5)cc(-c5cccc(-c6cccc(-c7cncnc7)c6)c5)c4)c3cc21. The molecule has 11 aromatic rings. The van der Waals surface area contributed by atoms with E-state index >= 15 is 0 Å². The van der Waals surface area contributed by atoms with Crippen molar-refractivity contribution in [1.82, 2.24) is 24.5 Å². The summed E-state index contributed by atoms with van der Waals surface area (Å²) in [4.78, 5) is 17.1. The molecule has 1 aliphatic carbocycles. The Morgan fingerprint density at radius 1 is 0.328 bits per heavy atom. The molecule has 3 heterocycles. The summed E-state index contributed by atoms with van der Waals surface area (Å²) in [7, 11) is 0. The van der Waals surface area contributed by atoms with Crippen LogP contribution in [-0.2, 0) is 5.41 Å². The van der Waals surface area contributed by atoms with Crippen LogP contribution >= 0.6 is 0 Å². The minimum Gasteiger partial charge on any atom is -0.309 e. The Bertz CT molecular complexity index is 3440. The van der Waals surface area contributed by atoms with Crippen molar-refractivity contribution in [1.29, 1.82) is 0 Å². The summed E-state index contributed by atoms with van der Waals surface area (Å²) >= 11 is 0.